The molecular weight excluding hydrogens is 450 g/mol. The maximum atomic E-state index is 12.6. The fourth-order valence-electron chi connectivity index (χ4n) is 3.02. The van der Waals surface area contributed by atoms with Crippen molar-refractivity contribution in [3.8, 4) is 39.1 Å². The van der Waals surface area contributed by atoms with Crippen LogP contribution >= 0.6 is 11.3 Å². The summed E-state index contributed by atoms with van der Waals surface area (Å²) in [4.78, 5) is 29.1. The first kappa shape index (κ1) is 24.2. The second-order valence-corrected chi connectivity index (χ2v) is 7.41. The molecule has 1 heterocycles. The van der Waals surface area contributed by atoms with Gasteiger partial charge in [0, 0.05) is 30.7 Å². The van der Waals surface area contributed by atoms with Crippen molar-refractivity contribution in [2.45, 2.75) is 0 Å². The lowest BCUT2D eigenvalue weighted by Gasteiger charge is -2.14. The maximum absolute atomic E-state index is 12.6. The van der Waals surface area contributed by atoms with Gasteiger partial charge in [-0.15, -0.1) is 11.3 Å². The number of thiazole rings is 1. The van der Waals surface area contributed by atoms with E-state index in [2.05, 4.69) is 4.98 Å². The van der Waals surface area contributed by atoms with Gasteiger partial charge in [-0.3, -0.25) is 4.79 Å². The first-order valence-electron chi connectivity index (χ1n) is 9.65. The topological polar surface area (TPSA) is 102 Å². The number of carbonyl (C=O) groups is 2. The lowest BCUT2D eigenvalue weighted by atomic mass is 10.0. The molecule has 0 spiro atoms. The van der Waals surface area contributed by atoms with Crippen molar-refractivity contribution >= 4 is 23.6 Å². The fraction of sp³-hybridized carbons (Fsp3) is 0.261. The quantitative estimate of drug-likeness (QED) is 0.232. The fourth-order valence-corrected chi connectivity index (χ4v) is 3.84. The molecule has 174 valence electrons. The SMILES string of the molecule is COCOC(=O)c1cc(-c2csc(-c3ccc(OC)c(OC)c3)n2)cc(C=O)c1OCOC. The monoisotopic (exact) mass is 473 g/mol. The minimum atomic E-state index is -0.705. The van der Waals surface area contributed by atoms with Gasteiger partial charge in [0.25, 0.3) is 0 Å². The van der Waals surface area contributed by atoms with Crippen molar-refractivity contribution in [2.24, 2.45) is 0 Å². The number of nitrogens with zero attached hydrogens (tertiary/aromatic N) is 1. The Hall–Kier alpha value is -3.47. The lowest BCUT2D eigenvalue weighted by Crippen LogP contribution is -2.12. The third kappa shape index (κ3) is 5.48. The van der Waals surface area contributed by atoms with Crippen LogP contribution in [0.25, 0.3) is 21.8 Å². The molecule has 0 amide bonds. The van der Waals surface area contributed by atoms with Gasteiger partial charge in [0.15, 0.2) is 31.4 Å². The summed E-state index contributed by atoms with van der Waals surface area (Å²) in [6.45, 7) is -0.395. The van der Waals surface area contributed by atoms with Crippen LogP contribution < -0.4 is 14.2 Å². The van der Waals surface area contributed by atoms with Crippen LogP contribution in [0.4, 0.5) is 0 Å². The Balaban J connectivity index is 2.03. The standard InChI is InChI=1S/C23H23NO8S/c1-27-12-31-21-16(10-25)7-15(8-17(21)23(26)32-13-28-2)18-11-33-22(24-18)14-5-6-19(29-3)20(9-14)30-4/h5-11H,12-13H2,1-4H3. The molecule has 0 N–H and O–H groups in total. The molecule has 0 aliphatic rings. The molecule has 0 aliphatic heterocycles. The zero-order valence-corrected chi connectivity index (χ0v) is 19.4. The number of esters is 1. The molecule has 1 aromatic heterocycles. The van der Waals surface area contributed by atoms with Crippen LogP contribution in [0.2, 0.25) is 0 Å². The normalized spacial score (nSPS) is 10.5. The Bertz CT molecular complexity index is 1130. The first-order valence-corrected chi connectivity index (χ1v) is 10.5. The van der Waals surface area contributed by atoms with Gasteiger partial charge < -0.3 is 28.4 Å². The summed E-state index contributed by atoms with van der Waals surface area (Å²) >= 11 is 1.41. The Labute approximate surface area is 194 Å². The second kappa shape index (κ2) is 11.4. The lowest BCUT2D eigenvalue weighted by molar-refractivity contribution is -0.0132. The van der Waals surface area contributed by atoms with Gasteiger partial charge in [-0.1, -0.05) is 0 Å². The second-order valence-electron chi connectivity index (χ2n) is 6.56. The number of aromatic nitrogens is 1. The Kier molecular flexibility index (Phi) is 8.36. The molecule has 0 saturated carbocycles. The van der Waals surface area contributed by atoms with Crippen molar-refractivity contribution in [1.29, 1.82) is 0 Å². The van der Waals surface area contributed by atoms with E-state index in [1.54, 1.807) is 32.4 Å². The molecule has 3 aromatic rings. The predicted octanol–water partition coefficient (Wildman–Crippen LogP) is 4.05. The Morgan fingerprint density at radius 1 is 0.970 bits per heavy atom. The molecule has 3 rings (SSSR count). The van der Waals surface area contributed by atoms with E-state index in [1.807, 2.05) is 17.5 Å². The van der Waals surface area contributed by atoms with Gasteiger partial charge >= 0.3 is 5.97 Å². The van der Waals surface area contributed by atoms with E-state index in [-0.39, 0.29) is 30.5 Å². The van der Waals surface area contributed by atoms with Crippen molar-refractivity contribution in [1.82, 2.24) is 4.98 Å². The van der Waals surface area contributed by atoms with Crippen LogP contribution in [0.5, 0.6) is 17.2 Å². The summed E-state index contributed by atoms with van der Waals surface area (Å²) in [5, 5.41) is 2.55. The zero-order valence-electron chi connectivity index (χ0n) is 18.6. The molecule has 0 radical (unpaired) electrons. The number of hydrogen-bond acceptors (Lipinski definition) is 10. The highest BCUT2D eigenvalue weighted by Gasteiger charge is 2.21. The number of hydrogen-bond donors (Lipinski definition) is 0. The van der Waals surface area contributed by atoms with Crippen LogP contribution in [-0.2, 0) is 14.2 Å². The van der Waals surface area contributed by atoms with Crippen LogP contribution in [-0.4, -0.2) is 59.3 Å². The Morgan fingerprint density at radius 2 is 1.73 bits per heavy atom. The van der Waals surface area contributed by atoms with Crippen LogP contribution in [0.3, 0.4) is 0 Å². The van der Waals surface area contributed by atoms with Crippen LogP contribution in [0.15, 0.2) is 35.7 Å². The van der Waals surface area contributed by atoms with Gasteiger partial charge in [0.05, 0.1) is 25.5 Å². The third-order valence-corrected chi connectivity index (χ3v) is 5.42. The summed E-state index contributed by atoms with van der Waals surface area (Å²) in [6, 6.07) is 8.65. The van der Waals surface area contributed by atoms with Gasteiger partial charge in [-0.2, -0.15) is 0 Å². The Morgan fingerprint density at radius 3 is 2.39 bits per heavy atom. The molecule has 2 aromatic carbocycles. The first-order chi connectivity index (χ1) is 16.1. The van der Waals surface area contributed by atoms with Gasteiger partial charge in [0.2, 0.25) is 0 Å². The maximum Gasteiger partial charge on any atom is 0.344 e. The molecular formula is C23H23NO8S. The van der Waals surface area contributed by atoms with Crippen LogP contribution in [0.1, 0.15) is 20.7 Å². The van der Waals surface area contributed by atoms with E-state index in [0.29, 0.717) is 29.0 Å². The number of aldehydes is 1. The molecule has 0 bridgehead atoms. The van der Waals surface area contributed by atoms with E-state index in [0.717, 1.165) is 10.6 Å². The minimum absolute atomic E-state index is 0.0596. The van der Waals surface area contributed by atoms with E-state index in [4.69, 9.17) is 28.4 Å². The highest BCUT2D eigenvalue weighted by atomic mass is 32.1. The summed E-state index contributed by atoms with van der Waals surface area (Å²) < 4.78 is 30.9. The van der Waals surface area contributed by atoms with Crippen molar-refractivity contribution in [3.63, 3.8) is 0 Å². The van der Waals surface area contributed by atoms with Crippen LogP contribution in [0, 0.1) is 0 Å². The highest BCUT2D eigenvalue weighted by Crippen LogP contribution is 2.36. The summed E-state index contributed by atoms with van der Waals surface area (Å²) in [5.41, 5.74) is 2.18. The molecule has 0 fully saturated rings. The largest absolute Gasteiger partial charge is 0.493 e. The van der Waals surface area contributed by atoms with Gasteiger partial charge in [-0.05, 0) is 30.3 Å². The zero-order chi connectivity index (χ0) is 23.8. The van der Waals surface area contributed by atoms with E-state index < -0.39 is 5.97 Å². The van der Waals surface area contributed by atoms with E-state index in [9.17, 15) is 9.59 Å². The van der Waals surface area contributed by atoms with Gasteiger partial charge in [-0.25, -0.2) is 9.78 Å². The van der Waals surface area contributed by atoms with E-state index >= 15 is 0 Å². The molecule has 33 heavy (non-hydrogen) atoms. The van der Waals surface area contributed by atoms with Crippen molar-refractivity contribution in [3.05, 3.63) is 46.8 Å². The molecule has 0 aliphatic carbocycles. The van der Waals surface area contributed by atoms with Crippen molar-refractivity contribution in [2.75, 3.05) is 42.0 Å². The molecule has 0 unspecified atom stereocenters. The highest BCUT2D eigenvalue weighted by molar-refractivity contribution is 7.13. The molecule has 9 nitrogen and oxygen atoms in total. The predicted molar refractivity (Wildman–Crippen MR) is 121 cm³/mol. The number of methoxy groups -OCH3 is 4. The minimum Gasteiger partial charge on any atom is -0.493 e. The summed E-state index contributed by atoms with van der Waals surface area (Å²) in [6.07, 6.45) is 0.600. The van der Waals surface area contributed by atoms with E-state index in [1.165, 1.54) is 25.6 Å². The summed E-state index contributed by atoms with van der Waals surface area (Å²) in [7, 11) is 5.96. The average Bonchev–Trinajstić information content (AvgIpc) is 3.35. The number of rotatable bonds is 11. The summed E-state index contributed by atoms with van der Waals surface area (Å²) in [5.74, 6) is 0.549. The third-order valence-electron chi connectivity index (χ3n) is 4.52. The molecule has 0 atom stereocenters. The average molecular weight is 474 g/mol. The molecule has 10 heteroatoms. The number of carbonyl (C=O) groups excluding carboxylic acids is 2. The van der Waals surface area contributed by atoms with Crippen molar-refractivity contribution < 1.29 is 38.0 Å². The smallest absolute Gasteiger partial charge is 0.344 e. The van der Waals surface area contributed by atoms with Gasteiger partial charge in [0.1, 0.15) is 16.3 Å². The number of ether oxygens (including phenoxy) is 6. The molecule has 0 saturated heterocycles. The number of benzene rings is 2.